The van der Waals surface area contributed by atoms with Gasteiger partial charge in [-0.25, -0.2) is 0 Å². The summed E-state index contributed by atoms with van der Waals surface area (Å²) >= 11 is 0. The van der Waals surface area contributed by atoms with Gasteiger partial charge in [-0.1, -0.05) is 12.1 Å². The lowest BCUT2D eigenvalue weighted by Crippen LogP contribution is -2.30. The van der Waals surface area contributed by atoms with Crippen molar-refractivity contribution in [1.82, 2.24) is 0 Å². The molecule has 0 aliphatic carbocycles. The van der Waals surface area contributed by atoms with Crippen molar-refractivity contribution in [2.45, 2.75) is 51.2 Å². The Bertz CT molecular complexity index is 524. The molecule has 2 atom stereocenters. The Kier molecular flexibility index (Phi) is 4.27. The van der Waals surface area contributed by atoms with E-state index in [4.69, 9.17) is 10.5 Å². The van der Waals surface area contributed by atoms with E-state index in [2.05, 4.69) is 18.2 Å². The van der Waals surface area contributed by atoms with E-state index < -0.39 is 0 Å². The van der Waals surface area contributed by atoms with Crippen molar-refractivity contribution in [3.05, 3.63) is 29.3 Å². The molecule has 1 fully saturated rings. The number of carbonyl (C=O) groups excluding carboxylic acids is 1. The van der Waals surface area contributed by atoms with Crippen LogP contribution >= 0.6 is 0 Å². The van der Waals surface area contributed by atoms with Gasteiger partial charge in [0.2, 0.25) is 5.91 Å². The summed E-state index contributed by atoms with van der Waals surface area (Å²) in [6, 6.07) is 6.24. The maximum Gasteiger partial charge on any atom is 0.226 e. The summed E-state index contributed by atoms with van der Waals surface area (Å²) in [4.78, 5) is 14.0. The predicted octanol–water partition coefficient (Wildman–Crippen LogP) is 2.55. The monoisotopic (exact) mass is 288 g/mol. The lowest BCUT2D eigenvalue weighted by molar-refractivity contribution is -0.118. The number of hydrogen-bond acceptors (Lipinski definition) is 3. The zero-order valence-corrected chi connectivity index (χ0v) is 12.7. The first-order chi connectivity index (χ1) is 10.2. The van der Waals surface area contributed by atoms with Crippen LogP contribution in [0.4, 0.5) is 5.69 Å². The molecule has 0 radical (unpaired) electrons. The van der Waals surface area contributed by atoms with E-state index in [0.29, 0.717) is 6.42 Å². The van der Waals surface area contributed by atoms with Crippen molar-refractivity contribution in [1.29, 1.82) is 0 Å². The number of benzene rings is 1. The molecule has 0 spiro atoms. The number of fused-ring (bicyclic) bond motifs is 1. The fourth-order valence-corrected chi connectivity index (χ4v) is 3.42. The first kappa shape index (κ1) is 14.5. The Hall–Kier alpha value is -1.39. The Morgan fingerprint density at radius 2 is 2.24 bits per heavy atom. The third-order valence-corrected chi connectivity index (χ3v) is 4.60. The second-order valence-electron chi connectivity index (χ2n) is 5.96. The van der Waals surface area contributed by atoms with Gasteiger partial charge < -0.3 is 15.4 Å². The molecular weight excluding hydrogens is 264 g/mol. The third-order valence-electron chi connectivity index (χ3n) is 4.60. The third kappa shape index (κ3) is 2.83. The number of anilines is 1. The maximum atomic E-state index is 12.1. The average molecular weight is 288 g/mol. The van der Waals surface area contributed by atoms with Crippen LogP contribution in [0.3, 0.4) is 0 Å². The summed E-state index contributed by atoms with van der Waals surface area (Å²) in [6.07, 6.45) is 4.78. The highest BCUT2D eigenvalue weighted by molar-refractivity contribution is 5.94. The molecule has 2 aliphatic rings. The van der Waals surface area contributed by atoms with Crippen LogP contribution in [0.2, 0.25) is 0 Å². The summed E-state index contributed by atoms with van der Waals surface area (Å²) in [7, 11) is 0. The lowest BCUT2D eigenvalue weighted by atomic mass is 9.96. The maximum absolute atomic E-state index is 12.1. The second-order valence-corrected chi connectivity index (χ2v) is 5.96. The smallest absolute Gasteiger partial charge is 0.226 e. The molecule has 3 rings (SSSR count). The molecule has 114 valence electrons. The fraction of sp³-hybridized carbons (Fsp3) is 0.588. The zero-order chi connectivity index (χ0) is 14.8. The van der Waals surface area contributed by atoms with Crippen molar-refractivity contribution >= 4 is 11.6 Å². The van der Waals surface area contributed by atoms with Gasteiger partial charge in [0.15, 0.2) is 0 Å². The molecule has 4 nitrogen and oxygen atoms in total. The fourth-order valence-electron chi connectivity index (χ4n) is 3.42. The predicted molar refractivity (Wildman–Crippen MR) is 83.3 cm³/mol. The van der Waals surface area contributed by atoms with Crippen LogP contribution in [0.15, 0.2) is 18.2 Å². The topological polar surface area (TPSA) is 55.6 Å². The van der Waals surface area contributed by atoms with E-state index in [1.165, 1.54) is 5.56 Å². The molecule has 0 saturated carbocycles. The first-order valence-corrected chi connectivity index (χ1v) is 8.01. The van der Waals surface area contributed by atoms with Gasteiger partial charge in [-0.05, 0) is 49.8 Å². The largest absolute Gasteiger partial charge is 0.376 e. The van der Waals surface area contributed by atoms with Gasteiger partial charge in [0.1, 0.15) is 0 Å². The Morgan fingerprint density at radius 3 is 2.95 bits per heavy atom. The number of aryl methyl sites for hydroxylation is 1. The Balaban J connectivity index is 1.89. The highest BCUT2D eigenvalue weighted by Gasteiger charge is 2.26. The Labute approximate surface area is 126 Å². The standard InChI is InChI=1S/C17H24N2O2/c1-2-19-14-9-8-13(17(18)15-6-4-10-21-15)11-12(14)5-3-7-16(19)20/h8-9,11,15,17H,2-7,10,18H2,1H3. The molecule has 0 aromatic heterocycles. The molecule has 1 saturated heterocycles. The van der Waals surface area contributed by atoms with Gasteiger partial charge in [-0.3, -0.25) is 4.79 Å². The van der Waals surface area contributed by atoms with Crippen LogP contribution in [0, 0.1) is 0 Å². The number of hydrogen-bond donors (Lipinski definition) is 1. The number of rotatable bonds is 3. The summed E-state index contributed by atoms with van der Waals surface area (Å²) in [5.41, 5.74) is 9.79. The van der Waals surface area contributed by atoms with Gasteiger partial charge in [0, 0.05) is 25.3 Å². The van der Waals surface area contributed by atoms with Crippen molar-refractivity contribution < 1.29 is 9.53 Å². The molecule has 2 unspecified atom stereocenters. The minimum Gasteiger partial charge on any atom is -0.376 e. The number of amides is 1. The number of nitrogens with two attached hydrogens (primary N) is 1. The minimum absolute atomic E-state index is 0.0631. The van der Waals surface area contributed by atoms with E-state index >= 15 is 0 Å². The molecule has 2 N–H and O–H groups in total. The number of ether oxygens (including phenoxy) is 1. The van der Waals surface area contributed by atoms with Gasteiger partial charge in [-0.15, -0.1) is 0 Å². The van der Waals surface area contributed by atoms with Crippen LogP contribution in [0.1, 0.15) is 49.8 Å². The average Bonchev–Trinajstić information content (AvgIpc) is 2.97. The zero-order valence-electron chi connectivity index (χ0n) is 12.7. The minimum atomic E-state index is -0.0631. The SMILES string of the molecule is CCN1C(=O)CCCc2cc(C(N)C3CCCO3)ccc21. The molecule has 0 bridgehead atoms. The van der Waals surface area contributed by atoms with Crippen molar-refractivity contribution in [3.63, 3.8) is 0 Å². The summed E-state index contributed by atoms with van der Waals surface area (Å²) in [5, 5.41) is 0. The van der Waals surface area contributed by atoms with Crippen molar-refractivity contribution in [3.8, 4) is 0 Å². The van der Waals surface area contributed by atoms with Gasteiger partial charge in [-0.2, -0.15) is 0 Å². The number of nitrogens with zero attached hydrogens (tertiary/aromatic N) is 1. The molecule has 4 heteroatoms. The van der Waals surface area contributed by atoms with Crippen LogP contribution in [0.5, 0.6) is 0 Å². The van der Waals surface area contributed by atoms with Crippen molar-refractivity contribution in [2.75, 3.05) is 18.1 Å². The van der Waals surface area contributed by atoms with Crippen LogP contribution in [-0.2, 0) is 16.0 Å². The summed E-state index contributed by atoms with van der Waals surface area (Å²) in [6.45, 7) is 3.57. The van der Waals surface area contributed by atoms with Crippen molar-refractivity contribution in [2.24, 2.45) is 5.73 Å². The van der Waals surface area contributed by atoms with E-state index in [-0.39, 0.29) is 18.1 Å². The lowest BCUT2D eigenvalue weighted by Gasteiger charge is -2.24. The van der Waals surface area contributed by atoms with E-state index in [9.17, 15) is 4.79 Å². The molecule has 2 heterocycles. The van der Waals surface area contributed by atoms with Gasteiger partial charge in [0.05, 0.1) is 12.1 Å². The Morgan fingerprint density at radius 1 is 1.38 bits per heavy atom. The molecule has 1 aromatic carbocycles. The molecule has 1 amide bonds. The quantitative estimate of drug-likeness (QED) is 0.930. The normalized spacial score (nSPS) is 23.8. The van der Waals surface area contributed by atoms with Crippen LogP contribution < -0.4 is 10.6 Å². The molecule has 1 aromatic rings. The molecule has 21 heavy (non-hydrogen) atoms. The first-order valence-electron chi connectivity index (χ1n) is 8.01. The van der Waals surface area contributed by atoms with E-state index in [0.717, 1.165) is 50.1 Å². The molecule has 2 aliphatic heterocycles. The van der Waals surface area contributed by atoms with E-state index in [1.54, 1.807) is 0 Å². The highest BCUT2D eigenvalue weighted by Crippen LogP contribution is 2.32. The molecular formula is C17H24N2O2. The second kappa shape index (κ2) is 6.16. The van der Waals surface area contributed by atoms with E-state index in [1.807, 2.05) is 11.8 Å². The number of carbonyl (C=O) groups is 1. The van der Waals surface area contributed by atoms with Gasteiger partial charge in [0.25, 0.3) is 0 Å². The van der Waals surface area contributed by atoms with Crippen LogP contribution in [-0.4, -0.2) is 25.2 Å². The highest BCUT2D eigenvalue weighted by atomic mass is 16.5. The summed E-state index contributed by atoms with van der Waals surface area (Å²) in [5.74, 6) is 0.229. The summed E-state index contributed by atoms with van der Waals surface area (Å²) < 4.78 is 5.71. The van der Waals surface area contributed by atoms with Gasteiger partial charge >= 0.3 is 0 Å². The van der Waals surface area contributed by atoms with Crippen LogP contribution in [0.25, 0.3) is 0 Å².